The lowest BCUT2D eigenvalue weighted by atomic mass is 10.0. The Balaban J connectivity index is 1.63. The monoisotopic (exact) mass is 210 g/mol. The van der Waals surface area contributed by atoms with Crippen LogP contribution in [-0.2, 0) is 4.74 Å². The highest BCUT2D eigenvalue weighted by molar-refractivity contribution is 4.96. The molecule has 0 aromatic heterocycles. The standard InChI is InChI=1S/C12H22N2O/c13-11-5-6-15-8-12(11)14(10-3-4-10)7-9-1-2-9/h9-12H,1-8,13H2. The molecule has 2 aliphatic carbocycles. The molecule has 3 rings (SSSR count). The number of nitrogens with zero attached hydrogens (tertiary/aromatic N) is 1. The highest BCUT2D eigenvalue weighted by Gasteiger charge is 2.40. The normalized spacial score (nSPS) is 37.2. The van der Waals surface area contributed by atoms with Gasteiger partial charge in [-0.1, -0.05) is 0 Å². The maximum Gasteiger partial charge on any atom is 0.0637 e. The maximum absolute atomic E-state index is 6.22. The molecule has 0 amide bonds. The van der Waals surface area contributed by atoms with Crippen LogP contribution in [0.2, 0.25) is 0 Å². The third-order valence-corrected chi connectivity index (χ3v) is 3.99. The van der Waals surface area contributed by atoms with Crippen LogP contribution in [0.15, 0.2) is 0 Å². The van der Waals surface area contributed by atoms with Crippen molar-refractivity contribution in [3.63, 3.8) is 0 Å². The van der Waals surface area contributed by atoms with Crippen LogP contribution >= 0.6 is 0 Å². The molecule has 2 saturated carbocycles. The van der Waals surface area contributed by atoms with Crippen molar-refractivity contribution in [1.29, 1.82) is 0 Å². The van der Waals surface area contributed by atoms with Crippen molar-refractivity contribution in [2.45, 2.75) is 50.2 Å². The minimum Gasteiger partial charge on any atom is -0.380 e. The van der Waals surface area contributed by atoms with E-state index in [1.807, 2.05) is 0 Å². The van der Waals surface area contributed by atoms with E-state index in [0.717, 1.165) is 31.6 Å². The van der Waals surface area contributed by atoms with E-state index in [0.29, 0.717) is 12.1 Å². The molecule has 0 bridgehead atoms. The van der Waals surface area contributed by atoms with E-state index in [4.69, 9.17) is 10.5 Å². The summed E-state index contributed by atoms with van der Waals surface area (Å²) >= 11 is 0. The summed E-state index contributed by atoms with van der Waals surface area (Å²) in [6.07, 6.45) is 6.68. The predicted octanol–water partition coefficient (Wildman–Crippen LogP) is 0.977. The van der Waals surface area contributed by atoms with Crippen LogP contribution in [0.25, 0.3) is 0 Å². The summed E-state index contributed by atoms with van der Waals surface area (Å²) in [4.78, 5) is 2.67. The van der Waals surface area contributed by atoms with Gasteiger partial charge >= 0.3 is 0 Å². The average molecular weight is 210 g/mol. The van der Waals surface area contributed by atoms with Crippen LogP contribution in [0.4, 0.5) is 0 Å². The average Bonchev–Trinajstić information content (AvgIpc) is 3.10. The number of rotatable bonds is 4. The van der Waals surface area contributed by atoms with Crippen molar-refractivity contribution in [2.24, 2.45) is 11.7 Å². The molecule has 0 aromatic rings. The zero-order valence-electron chi connectivity index (χ0n) is 9.40. The fraction of sp³-hybridized carbons (Fsp3) is 1.00. The van der Waals surface area contributed by atoms with Gasteiger partial charge in [-0.2, -0.15) is 0 Å². The first-order valence-electron chi connectivity index (χ1n) is 6.43. The molecule has 1 heterocycles. The lowest BCUT2D eigenvalue weighted by molar-refractivity contribution is 0.000594. The minimum absolute atomic E-state index is 0.345. The second-order valence-electron chi connectivity index (χ2n) is 5.47. The van der Waals surface area contributed by atoms with Crippen molar-refractivity contribution >= 4 is 0 Å². The Morgan fingerprint density at radius 3 is 2.53 bits per heavy atom. The van der Waals surface area contributed by atoms with Crippen molar-refractivity contribution in [3.8, 4) is 0 Å². The van der Waals surface area contributed by atoms with Gasteiger partial charge in [0.25, 0.3) is 0 Å². The smallest absolute Gasteiger partial charge is 0.0637 e. The summed E-state index contributed by atoms with van der Waals surface area (Å²) in [6.45, 7) is 3.01. The summed E-state index contributed by atoms with van der Waals surface area (Å²) in [5.74, 6) is 0.972. The first-order valence-corrected chi connectivity index (χ1v) is 6.43. The number of hydrogen-bond donors (Lipinski definition) is 1. The second kappa shape index (κ2) is 4.04. The summed E-state index contributed by atoms with van der Waals surface area (Å²) in [6, 6.07) is 1.69. The molecule has 15 heavy (non-hydrogen) atoms. The maximum atomic E-state index is 6.22. The summed E-state index contributed by atoms with van der Waals surface area (Å²) in [7, 11) is 0. The van der Waals surface area contributed by atoms with Gasteiger partial charge in [0, 0.05) is 31.3 Å². The number of nitrogens with two attached hydrogens (primary N) is 1. The SMILES string of the molecule is NC1CCOCC1N(CC1CC1)C1CC1. The largest absolute Gasteiger partial charge is 0.380 e. The molecule has 3 fully saturated rings. The Morgan fingerprint density at radius 1 is 1.13 bits per heavy atom. The van der Waals surface area contributed by atoms with Crippen molar-refractivity contribution in [3.05, 3.63) is 0 Å². The Morgan fingerprint density at radius 2 is 1.93 bits per heavy atom. The highest BCUT2D eigenvalue weighted by atomic mass is 16.5. The molecule has 86 valence electrons. The van der Waals surface area contributed by atoms with Crippen molar-refractivity contribution < 1.29 is 4.74 Å². The topological polar surface area (TPSA) is 38.5 Å². The molecule has 2 atom stereocenters. The zero-order valence-corrected chi connectivity index (χ0v) is 9.40. The van der Waals surface area contributed by atoms with Gasteiger partial charge in [-0.15, -0.1) is 0 Å². The Hall–Kier alpha value is -0.120. The van der Waals surface area contributed by atoms with E-state index in [9.17, 15) is 0 Å². The lowest BCUT2D eigenvalue weighted by Crippen LogP contribution is -2.54. The first-order chi connectivity index (χ1) is 7.34. The van der Waals surface area contributed by atoms with Crippen LogP contribution in [-0.4, -0.2) is 42.8 Å². The van der Waals surface area contributed by atoms with Crippen LogP contribution in [0.3, 0.4) is 0 Å². The van der Waals surface area contributed by atoms with Crippen LogP contribution in [0.5, 0.6) is 0 Å². The molecule has 0 spiro atoms. The summed E-state index contributed by atoms with van der Waals surface area (Å²) in [5.41, 5.74) is 6.22. The zero-order chi connectivity index (χ0) is 10.3. The molecule has 0 aromatic carbocycles. The van der Waals surface area contributed by atoms with Gasteiger partial charge in [-0.3, -0.25) is 4.90 Å². The van der Waals surface area contributed by atoms with Crippen LogP contribution < -0.4 is 5.73 Å². The first kappa shape index (κ1) is 10.1. The molecule has 0 radical (unpaired) electrons. The minimum atomic E-state index is 0.345. The fourth-order valence-electron chi connectivity index (χ4n) is 2.64. The molecule has 2 N–H and O–H groups in total. The van der Waals surface area contributed by atoms with Gasteiger partial charge in [-0.05, 0) is 38.0 Å². The Bertz CT molecular complexity index is 226. The molecule has 3 nitrogen and oxygen atoms in total. The second-order valence-corrected chi connectivity index (χ2v) is 5.47. The van der Waals surface area contributed by atoms with E-state index in [1.165, 1.54) is 32.2 Å². The van der Waals surface area contributed by atoms with E-state index in [1.54, 1.807) is 0 Å². The van der Waals surface area contributed by atoms with E-state index >= 15 is 0 Å². The molecule has 2 unspecified atom stereocenters. The molecule has 1 aliphatic heterocycles. The quantitative estimate of drug-likeness (QED) is 0.751. The fourth-order valence-corrected chi connectivity index (χ4v) is 2.64. The van der Waals surface area contributed by atoms with Crippen LogP contribution in [0.1, 0.15) is 32.1 Å². The third-order valence-electron chi connectivity index (χ3n) is 3.99. The van der Waals surface area contributed by atoms with E-state index < -0.39 is 0 Å². The summed E-state index contributed by atoms with van der Waals surface area (Å²) in [5, 5.41) is 0. The molecule has 1 saturated heterocycles. The number of hydrogen-bond acceptors (Lipinski definition) is 3. The lowest BCUT2D eigenvalue weighted by Gasteiger charge is -2.38. The van der Waals surface area contributed by atoms with Crippen molar-refractivity contribution in [2.75, 3.05) is 19.8 Å². The van der Waals surface area contributed by atoms with Gasteiger partial charge in [0.05, 0.1) is 6.61 Å². The molecular formula is C12H22N2O. The molecule has 3 aliphatic rings. The summed E-state index contributed by atoms with van der Waals surface area (Å²) < 4.78 is 5.59. The van der Waals surface area contributed by atoms with Crippen molar-refractivity contribution in [1.82, 2.24) is 4.90 Å². The third kappa shape index (κ3) is 2.35. The van der Waals surface area contributed by atoms with Gasteiger partial charge in [-0.25, -0.2) is 0 Å². The number of ether oxygens (including phenoxy) is 1. The van der Waals surface area contributed by atoms with Gasteiger partial charge in [0.2, 0.25) is 0 Å². The van der Waals surface area contributed by atoms with Gasteiger partial charge in [0.15, 0.2) is 0 Å². The Kier molecular flexibility index (Phi) is 2.71. The van der Waals surface area contributed by atoms with Crippen LogP contribution in [0, 0.1) is 5.92 Å². The molecule has 3 heteroatoms. The van der Waals surface area contributed by atoms with E-state index in [-0.39, 0.29) is 0 Å². The van der Waals surface area contributed by atoms with Gasteiger partial charge in [0.1, 0.15) is 0 Å². The predicted molar refractivity (Wildman–Crippen MR) is 59.7 cm³/mol. The molecular weight excluding hydrogens is 188 g/mol. The highest BCUT2D eigenvalue weighted by Crippen LogP contribution is 2.37. The van der Waals surface area contributed by atoms with Gasteiger partial charge < -0.3 is 10.5 Å². The Labute approximate surface area is 91.9 Å². The van der Waals surface area contributed by atoms with E-state index in [2.05, 4.69) is 4.90 Å².